The van der Waals surface area contributed by atoms with Crippen molar-refractivity contribution in [1.29, 1.82) is 5.26 Å². The van der Waals surface area contributed by atoms with Crippen LogP contribution in [0.5, 0.6) is 0 Å². The van der Waals surface area contributed by atoms with Gasteiger partial charge in [0.05, 0.1) is 12.2 Å². The molecule has 0 aliphatic rings. The minimum absolute atomic E-state index is 0.471. The lowest BCUT2D eigenvalue weighted by molar-refractivity contribution is 0.128. The zero-order valence-electron chi connectivity index (χ0n) is 9.23. The molecule has 0 spiro atoms. The lowest BCUT2D eigenvalue weighted by Gasteiger charge is -2.19. The lowest BCUT2D eigenvalue weighted by Crippen LogP contribution is -2.25. The van der Waals surface area contributed by atoms with Gasteiger partial charge in [0.25, 0.3) is 0 Å². The standard InChI is InChI=1S/C12H15ClN2O/c1-15(7-3-6-14)9-12(16)10-4-2-5-11(13)8-10/h2,4-5,8,12,16H,3,7,9H2,1H3. The van der Waals surface area contributed by atoms with Crippen LogP contribution in [0.2, 0.25) is 5.02 Å². The summed E-state index contributed by atoms with van der Waals surface area (Å²) in [5.74, 6) is 0. The first kappa shape index (κ1) is 13.0. The summed E-state index contributed by atoms with van der Waals surface area (Å²) in [5.41, 5.74) is 0.802. The third kappa shape index (κ3) is 4.19. The number of rotatable bonds is 5. The summed E-state index contributed by atoms with van der Waals surface area (Å²) < 4.78 is 0. The number of likely N-dealkylation sites (N-methyl/N-ethyl adjacent to an activating group) is 1. The Bertz CT molecular complexity index is 376. The van der Waals surface area contributed by atoms with Crippen LogP contribution in [0.25, 0.3) is 0 Å². The molecule has 0 aliphatic heterocycles. The molecule has 0 aliphatic carbocycles. The van der Waals surface area contributed by atoms with Crippen LogP contribution in [0.4, 0.5) is 0 Å². The van der Waals surface area contributed by atoms with E-state index in [1.807, 2.05) is 24.1 Å². The van der Waals surface area contributed by atoms with E-state index in [1.54, 1.807) is 12.1 Å². The Balaban J connectivity index is 2.52. The second kappa shape index (κ2) is 6.49. The van der Waals surface area contributed by atoms with Gasteiger partial charge in [0, 0.05) is 24.5 Å². The van der Waals surface area contributed by atoms with E-state index >= 15 is 0 Å². The Morgan fingerprint density at radius 3 is 2.94 bits per heavy atom. The second-order valence-electron chi connectivity index (χ2n) is 3.74. The van der Waals surface area contributed by atoms with Crippen LogP contribution < -0.4 is 0 Å². The van der Waals surface area contributed by atoms with Crippen molar-refractivity contribution in [2.24, 2.45) is 0 Å². The molecule has 0 aromatic heterocycles. The maximum atomic E-state index is 9.93. The topological polar surface area (TPSA) is 47.3 Å². The minimum atomic E-state index is -0.567. The van der Waals surface area contributed by atoms with Gasteiger partial charge < -0.3 is 10.0 Å². The fraction of sp³-hybridized carbons (Fsp3) is 0.417. The van der Waals surface area contributed by atoms with Gasteiger partial charge in [-0.25, -0.2) is 0 Å². The van der Waals surface area contributed by atoms with Gasteiger partial charge in [0.15, 0.2) is 0 Å². The van der Waals surface area contributed by atoms with Gasteiger partial charge in [-0.3, -0.25) is 0 Å². The zero-order chi connectivity index (χ0) is 12.0. The number of benzene rings is 1. The molecule has 0 heterocycles. The highest BCUT2D eigenvalue weighted by Crippen LogP contribution is 2.18. The number of aliphatic hydroxyl groups is 1. The zero-order valence-corrected chi connectivity index (χ0v) is 9.98. The van der Waals surface area contributed by atoms with Crippen LogP contribution in [0.3, 0.4) is 0 Å². The normalized spacial score (nSPS) is 12.4. The Morgan fingerprint density at radius 1 is 1.56 bits per heavy atom. The molecule has 0 radical (unpaired) electrons. The number of nitrogens with zero attached hydrogens (tertiary/aromatic N) is 2. The average molecular weight is 239 g/mol. The van der Waals surface area contributed by atoms with Crippen LogP contribution in [-0.4, -0.2) is 30.1 Å². The number of nitriles is 1. The van der Waals surface area contributed by atoms with E-state index in [1.165, 1.54) is 0 Å². The summed E-state index contributed by atoms with van der Waals surface area (Å²) in [6, 6.07) is 9.26. The minimum Gasteiger partial charge on any atom is -0.387 e. The Morgan fingerprint density at radius 2 is 2.31 bits per heavy atom. The van der Waals surface area contributed by atoms with Crippen molar-refractivity contribution < 1.29 is 5.11 Å². The molecule has 4 heteroatoms. The molecular formula is C12H15ClN2O. The number of hydrogen-bond donors (Lipinski definition) is 1. The van der Waals surface area contributed by atoms with Crippen molar-refractivity contribution in [2.45, 2.75) is 12.5 Å². The maximum Gasteiger partial charge on any atom is 0.0917 e. The van der Waals surface area contributed by atoms with Gasteiger partial charge >= 0.3 is 0 Å². The molecule has 0 saturated carbocycles. The summed E-state index contributed by atoms with van der Waals surface area (Å²) in [6.45, 7) is 1.16. The first-order chi connectivity index (χ1) is 7.63. The molecule has 0 amide bonds. The van der Waals surface area contributed by atoms with Crippen LogP contribution >= 0.6 is 11.6 Å². The van der Waals surface area contributed by atoms with Crippen molar-refractivity contribution in [3.05, 3.63) is 34.9 Å². The summed E-state index contributed by atoms with van der Waals surface area (Å²) in [7, 11) is 1.88. The van der Waals surface area contributed by atoms with E-state index in [9.17, 15) is 5.11 Å². The third-order valence-corrected chi connectivity index (χ3v) is 2.56. The summed E-state index contributed by atoms with van der Waals surface area (Å²) in [4.78, 5) is 1.93. The van der Waals surface area contributed by atoms with Gasteiger partial charge in [-0.1, -0.05) is 23.7 Å². The first-order valence-corrected chi connectivity index (χ1v) is 5.50. The molecule has 16 heavy (non-hydrogen) atoms. The fourth-order valence-electron chi connectivity index (χ4n) is 1.45. The molecule has 1 unspecified atom stereocenters. The molecule has 0 fully saturated rings. The van der Waals surface area contributed by atoms with Crippen molar-refractivity contribution in [3.8, 4) is 6.07 Å². The van der Waals surface area contributed by atoms with Gasteiger partial charge in [0.2, 0.25) is 0 Å². The van der Waals surface area contributed by atoms with Crippen LogP contribution in [-0.2, 0) is 0 Å². The molecule has 1 N–H and O–H groups in total. The van der Waals surface area contributed by atoms with E-state index in [0.29, 0.717) is 24.5 Å². The number of aliphatic hydroxyl groups excluding tert-OH is 1. The van der Waals surface area contributed by atoms with Gasteiger partial charge in [0.1, 0.15) is 0 Å². The quantitative estimate of drug-likeness (QED) is 0.856. The van der Waals surface area contributed by atoms with Crippen LogP contribution in [0.15, 0.2) is 24.3 Å². The summed E-state index contributed by atoms with van der Waals surface area (Å²) >= 11 is 5.84. The molecule has 0 saturated heterocycles. The second-order valence-corrected chi connectivity index (χ2v) is 4.18. The molecule has 1 aromatic rings. The van der Waals surface area contributed by atoms with Gasteiger partial charge in [-0.15, -0.1) is 0 Å². The largest absolute Gasteiger partial charge is 0.387 e. The van der Waals surface area contributed by atoms with Gasteiger partial charge in [-0.05, 0) is 24.7 Å². The Hall–Kier alpha value is -1.08. The Kier molecular flexibility index (Phi) is 5.27. The average Bonchev–Trinajstić information content (AvgIpc) is 2.26. The van der Waals surface area contributed by atoms with Crippen molar-refractivity contribution in [2.75, 3.05) is 20.1 Å². The van der Waals surface area contributed by atoms with E-state index in [0.717, 1.165) is 5.56 Å². The van der Waals surface area contributed by atoms with E-state index in [-0.39, 0.29) is 0 Å². The Labute approximate surface area is 101 Å². The van der Waals surface area contributed by atoms with Crippen LogP contribution in [0, 0.1) is 11.3 Å². The molecule has 0 bridgehead atoms. The van der Waals surface area contributed by atoms with Crippen molar-refractivity contribution in [3.63, 3.8) is 0 Å². The molecule has 1 rings (SSSR count). The molecule has 1 aromatic carbocycles. The summed E-state index contributed by atoms with van der Waals surface area (Å²) in [6.07, 6.45) is -0.0962. The first-order valence-electron chi connectivity index (χ1n) is 5.12. The van der Waals surface area contributed by atoms with Crippen molar-refractivity contribution in [1.82, 2.24) is 4.90 Å². The van der Waals surface area contributed by atoms with Gasteiger partial charge in [-0.2, -0.15) is 5.26 Å². The molecule has 86 valence electrons. The highest BCUT2D eigenvalue weighted by molar-refractivity contribution is 6.30. The van der Waals surface area contributed by atoms with Crippen LogP contribution in [0.1, 0.15) is 18.1 Å². The number of halogens is 1. The predicted octanol–water partition coefficient (Wildman–Crippen LogP) is 2.22. The highest BCUT2D eigenvalue weighted by atomic mass is 35.5. The SMILES string of the molecule is CN(CCC#N)CC(O)c1cccc(Cl)c1. The highest BCUT2D eigenvalue weighted by Gasteiger charge is 2.10. The maximum absolute atomic E-state index is 9.93. The number of hydrogen-bond acceptors (Lipinski definition) is 3. The van der Waals surface area contributed by atoms with E-state index in [4.69, 9.17) is 16.9 Å². The molecule has 1 atom stereocenters. The lowest BCUT2D eigenvalue weighted by atomic mass is 10.1. The summed E-state index contributed by atoms with van der Waals surface area (Å²) in [5, 5.41) is 19.0. The van der Waals surface area contributed by atoms with E-state index < -0.39 is 6.10 Å². The van der Waals surface area contributed by atoms with E-state index in [2.05, 4.69) is 6.07 Å². The van der Waals surface area contributed by atoms with Crippen molar-refractivity contribution >= 4 is 11.6 Å². The molecule has 3 nitrogen and oxygen atoms in total. The molecular weight excluding hydrogens is 224 g/mol. The monoisotopic (exact) mass is 238 g/mol. The smallest absolute Gasteiger partial charge is 0.0917 e. The third-order valence-electron chi connectivity index (χ3n) is 2.32. The fourth-order valence-corrected chi connectivity index (χ4v) is 1.65. The predicted molar refractivity (Wildman–Crippen MR) is 64.1 cm³/mol.